The van der Waals surface area contributed by atoms with Crippen LogP contribution in [0.3, 0.4) is 0 Å². The first-order valence-electron chi connectivity index (χ1n) is 4.74. The van der Waals surface area contributed by atoms with Gasteiger partial charge in [-0.1, -0.05) is 6.92 Å². The third kappa shape index (κ3) is 2.96. The van der Waals surface area contributed by atoms with Crippen molar-refractivity contribution in [1.29, 1.82) is 0 Å². The van der Waals surface area contributed by atoms with Crippen molar-refractivity contribution in [3.05, 3.63) is 17.6 Å². The Morgan fingerprint density at radius 3 is 2.79 bits per heavy atom. The van der Waals surface area contributed by atoms with Crippen LogP contribution in [0.5, 0.6) is 5.88 Å². The molecule has 0 fully saturated rings. The van der Waals surface area contributed by atoms with Gasteiger partial charge in [0, 0.05) is 11.8 Å². The number of hydrogen-bond acceptors (Lipinski definition) is 4. The molecule has 0 saturated carbocycles. The molecule has 1 aromatic heterocycles. The van der Waals surface area contributed by atoms with Crippen molar-refractivity contribution in [3.63, 3.8) is 0 Å². The van der Waals surface area contributed by atoms with E-state index in [1.165, 1.54) is 0 Å². The zero-order valence-corrected chi connectivity index (χ0v) is 8.95. The number of nitrogens with two attached hydrogens (primary N) is 1. The molecule has 0 radical (unpaired) electrons. The van der Waals surface area contributed by atoms with E-state index in [-0.39, 0.29) is 0 Å². The van der Waals surface area contributed by atoms with Crippen LogP contribution in [-0.4, -0.2) is 23.6 Å². The van der Waals surface area contributed by atoms with Crippen LogP contribution in [0.2, 0.25) is 0 Å². The van der Waals surface area contributed by atoms with E-state index in [4.69, 9.17) is 10.5 Å². The van der Waals surface area contributed by atoms with E-state index in [1.54, 1.807) is 7.11 Å². The molecule has 0 bridgehead atoms. The van der Waals surface area contributed by atoms with Crippen molar-refractivity contribution in [2.45, 2.75) is 20.3 Å². The van der Waals surface area contributed by atoms with Gasteiger partial charge in [-0.3, -0.25) is 0 Å². The van der Waals surface area contributed by atoms with E-state index in [2.05, 4.69) is 16.9 Å². The van der Waals surface area contributed by atoms with Crippen LogP contribution < -0.4 is 10.5 Å². The summed E-state index contributed by atoms with van der Waals surface area (Å²) in [6, 6.07) is 1.86. The van der Waals surface area contributed by atoms with Crippen molar-refractivity contribution in [1.82, 2.24) is 9.97 Å². The summed E-state index contributed by atoms with van der Waals surface area (Å²) < 4.78 is 5.07. The fourth-order valence-electron chi connectivity index (χ4n) is 1.25. The van der Waals surface area contributed by atoms with Crippen molar-refractivity contribution < 1.29 is 4.74 Å². The highest BCUT2D eigenvalue weighted by atomic mass is 16.5. The summed E-state index contributed by atoms with van der Waals surface area (Å²) in [5.41, 5.74) is 6.55. The van der Waals surface area contributed by atoms with Gasteiger partial charge in [-0.05, 0) is 25.8 Å². The van der Waals surface area contributed by atoms with Gasteiger partial charge in [0.25, 0.3) is 0 Å². The van der Waals surface area contributed by atoms with Crippen LogP contribution in [-0.2, 0) is 6.42 Å². The monoisotopic (exact) mass is 195 g/mol. The van der Waals surface area contributed by atoms with Crippen molar-refractivity contribution in [2.75, 3.05) is 13.7 Å². The quantitative estimate of drug-likeness (QED) is 0.776. The van der Waals surface area contributed by atoms with Crippen LogP contribution in [0.1, 0.15) is 18.4 Å². The highest BCUT2D eigenvalue weighted by Crippen LogP contribution is 2.11. The number of aromatic nitrogens is 2. The molecule has 1 atom stereocenters. The lowest BCUT2D eigenvalue weighted by atomic mass is 10.1. The zero-order valence-electron chi connectivity index (χ0n) is 8.95. The van der Waals surface area contributed by atoms with Crippen LogP contribution >= 0.6 is 0 Å². The third-order valence-electron chi connectivity index (χ3n) is 2.04. The number of ether oxygens (including phenoxy) is 1. The van der Waals surface area contributed by atoms with Crippen LogP contribution in [0.4, 0.5) is 0 Å². The summed E-state index contributed by atoms with van der Waals surface area (Å²) in [7, 11) is 1.61. The maximum absolute atomic E-state index is 5.55. The van der Waals surface area contributed by atoms with Gasteiger partial charge in [0.15, 0.2) is 0 Å². The van der Waals surface area contributed by atoms with E-state index in [0.717, 1.165) is 17.9 Å². The molecule has 2 N–H and O–H groups in total. The molecule has 4 heteroatoms. The van der Waals surface area contributed by atoms with Crippen LogP contribution in [0.25, 0.3) is 0 Å². The van der Waals surface area contributed by atoms with Crippen molar-refractivity contribution >= 4 is 0 Å². The molecule has 1 heterocycles. The molecule has 4 nitrogen and oxygen atoms in total. The van der Waals surface area contributed by atoms with Gasteiger partial charge in [0.2, 0.25) is 5.88 Å². The fourth-order valence-corrected chi connectivity index (χ4v) is 1.25. The molecule has 1 aromatic rings. The van der Waals surface area contributed by atoms with Crippen LogP contribution in [0, 0.1) is 12.8 Å². The molecule has 0 aliphatic heterocycles. The first-order valence-corrected chi connectivity index (χ1v) is 4.74. The average Bonchev–Trinajstić information content (AvgIpc) is 2.16. The molecule has 0 aliphatic rings. The fraction of sp³-hybridized carbons (Fsp3) is 0.600. The minimum atomic E-state index is 0.439. The smallest absolute Gasteiger partial charge is 0.216 e. The summed E-state index contributed by atoms with van der Waals surface area (Å²) in [5.74, 6) is 1.80. The SMILES string of the molecule is COc1cc(CC(C)CN)nc(C)n1. The molecule has 0 spiro atoms. The zero-order chi connectivity index (χ0) is 10.6. The second-order valence-electron chi connectivity index (χ2n) is 3.49. The standard InChI is InChI=1S/C10H17N3O/c1-7(6-11)4-9-5-10(14-3)13-8(2)12-9/h5,7H,4,6,11H2,1-3H3. The molecule has 0 aliphatic carbocycles. The molecule has 1 unspecified atom stereocenters. The molecule has 0 saturated heterocycles. The molecule has 14 heavy (non-hydrogen) atoms. The van der Waals surface area contributed by atoms with Gasteiger partial charge in [-0.25, -0.2) is 4.98 Å². The highest BCUT2D eigenvalue weighted by molar-refractivity contribution is 5.16. The van der Waals surface area contributed by atoms with E-state index in [9.17, 15) is 0 Å². The number of rotatable bonds is 4. The lowest BCUT2D eigenvalue weighted by molar-refractivity contribution is 0.394. The number of hydrogen-bond donors (Lipinski definition) is 1. The average molecular weight is 195 g/mol. The number of methoxy groups -OCH3 is 1. The summed E-state index contributed by atoms with van der Waals surface area (Å²) in [5, 5.41) is 0. The van der Waals surface area contributed by atoms with Gasteiger partial charge in [-0.15, -0.1) is 0 Å². The summed E-state index contributed by atoms with van der Waals surface area (Å²) >= 11 is 0. The normalized spacial score (nSPS) is 12.6. The van der Waals surface area contributed by atoms with Gasteiger partial charge in [0.1, 0.15) is 5.82 Å². The van der Waals surface area contributed by atoms with E-state index in [1.807, 2.05) is 13.0 Å². The number of aryl methyl sites for hydroxylation is 1. The first-order chi connectivity index (χ1) is 6.65. The molecule has 0 amide bonds. The Bertz CT molecular complexity index is 301. The molecule has 1 rings (SSSR count). The minimum Gasteiger partial charge on any atom is -0.481 e. The maximum Gasteiger partial charge on any atom is 0.216 e. The predicted octanol–water partition coefficient (Wildman–Crippen LogP) is 0.931. The third-order valence-corrected chi connectivity index (χ3v) is 2.04. The predicted molar refractivity (Wildman–Crippen MR) is 55.2 cm³/mol. The van der Waals surface area contributed by atoms with E-state index >= 15 is 0 Å². The lowest BCUT2D eigenvalue weighted by Crippen LogP contribution is -2.14. The van der Waals surface area contributed by atoms with E-state index in [0.29, 0.717) is 18.3 Å². The second kappa shape index (κ2) is 4.91. The molecule has 78 valence electrons. The number of nitrogens with zero attached hydrogens (tertiary/aromatic N) is 2. The second-order valence-corrected chi connectivity index (χ2v) is 3.49. The van der Waals surface area contributed by atoms with Gasteiger partial charge in [0.05, 0.1) is 7.11 Å². The van der Waals surface area contributed by atoms with Crippen LogP contribution in [0.15, 0.2) is 6.07 Å². The Morgan fingerprint density at radius 2 is 2.21 bits per heavy atom. The molecule has 0 aromatic carbocycles. The minimum absolute atomic E-state index is 0.439. The van der Waals surface area contributed by atoms with Crippen molar-refractivity contribution in [2.24, 2.45) is 11.7 Å². The highest BCUT2D eigenvalue weighted by Gasteiger charge is 2.05. The van der Waals surface area contributed by atoms with Gasteiger partial charge in [-0.2, -0.15) is 4.98 Å². The Kier molecular flexibility index (Phi) is 3.83. The van der Waals surface area contributed by atoms with E-state index < -0.39 is 0 Å². The summed E-state index contributed by atoms with van der Waals surface area (Å²) in [6.07, 6.45) is 0.871. The Hall–Kier alpha value is -1.16. The Labute approximate surface area is 84.5 Å². The largest absolute Gasteiger partial charge is 0.481 e. The Balaban J connectivity index is 2.81. The maximum atomic E-state index is 5.55. The summed E-state index contributed by atoms with van der Waals surface area (Å²) in [6.45, 7) is 4.63. The topological polar surface area (TPSA) is 61.0 Å². The lowest BCUT2D eigenvalue weighted by Gasteiger charge is -2.09. The van der Waals surface area contributed by atoms with Gasteiger partial charge >= 0.3 is 0 Å². The molecular weight excluding hydrogens is 178 g/mol. The molecular formula is C10H17N3O. The first kappa shape index (κ1) is 10.9. The Morgan fingerprint density at radius 1 is 1.50 bits per heavy atom. The van der Waals surface area contributed by atoms with Gasteiger partial charge < -0.3 is 10.5 Å². The summed E-state index contributed by atoms with van der Waals surface area (Å²) in [4.78, 5) is 8.44. The van der Waals surface area contributed by atoms with Crippen molar-refractivity contribution in [3.8, 4) is 5.88 Å².